The van der Waals surface area contributed by atoms with Crippen LogP contribution in [0.4, 0.5) is 0 Å². The fourth-order valence-corrected chi connectivity index (χ4v) is 2.63. The van der Waals surface area contributed by atoms with E-state index in [2.05, 4.69) is 9.97 Å². The zero-order valence-corrected chi connectivity index (χ0v) is 10.5. The van der Waals surface area contributed by atoms with Gasteiger partial charge in [-0.3, -0.25) is 4.79 Å². The average Bonchev–Trinajstić information content (AvgIpc) is 2.35. The number of aromatic hydroxyl groups is 1. The number of aromatic nitrogens is 2. The predicted molar refractivity (Wildman–Crippen MR) is 66.5 cm³/mol. The van der Waals surface area contributed by atoms with Crippen molar-refractivity contribution in [2.75, 3.05) is 18.1 Å². The molecule has 1 fully saturated rings. The molecule has 0 saturated carbocycles. The Morgan fingerprint density at radius 2 is 2.47 bits per heavy atom. The van der Waals surface area contributed by atoms with Crippen LogP contribution in [0.1, 0.15) is 30.8 Å². The van der Waals surface area contributed by atoms with Crippen LogP contribution in [-0.2, 0) is 11.2 Å². The fourth-order valence-electron chi connectivity index (χ4n) is 1.78. The third-order valence-corrected chi connectivity index (χ3v) is 3.63. The molecule has 5 nitrogen and oxygen atoms in total. The number of hydrogen-bond acceptors (Lipinski definition) is 5. The van der Waals surface area contributed by atoms with E-state index in [4.69, 9.17) is 4.74 Å². The lowest BCUT2D eigenvalue weighted by molar-refractivity contribution is 0.0687. The number of hydrogen-bond donors (Lipinski definition) is 2. The molecule has 1 aromatic heterocycles. The fraction of sp³-hybridized carbons (Fsp3) is 0.636. The van der Waals surface area contributed by atoms with Crippen molar-refractivity contribution >= 4 is 11.8 Å². The molecule has 0 bridgehead atoms. The number of thioether (sulfide) groups is 1. The molecule has 17 heavy (non-hydrogen) atoms. The first-order chi connectivity index (χ1) is 8.22. The Hall–Kier alpha value is -1.01. The van der Waals surface area contributed by atoms with Crippen molar-refractivity contribution in [2.24, 2.45) is 0 Å². The van der Waals surface area contributed by atoms with Crippen molar-refractivity contribution in [1.29, 1.82) is 0 Å². The first kappa shape index (κ1) is 12.4. The second-order valence-electron chi connectivity index (χ2n) is 3.94. The van der Waals surface area contributed by atoms with Gasteiger partial charge >= 0.3 is 0 Å². The Balaban J connectivity index is 2.27. The lowest BCUT2D eigenvalue weighted by Crippen LogP contribution is -2.23. The van der Waals surface area contributed by atoms with Gasteiger partial charge in [-0.2, -0.15) is 16.7 Å². The van der Waals surface area contributed by atoms with Gasteiger partial charge in [0.2, 0.25) is 5.88 Å². The summed E-state index contributed by atoms with van der Waals surface area (Å²) in [7, 11) is 0. The highest BCUT2D eigenvalue weighted by Gasteiger charge is 2.21. The molecule has 1 aliphatic rings. The molecule has 6 heteroatoms. The summed E-state index contributed by atoms with van der Waals surface area (Å²) in [6, 6.07) is 0. The summed E-state index contributed by atoms with van der Waals surface area (Å²) in [5.41, 5.74) is 0.105. The smallest absolute Gasteiger partial charge is 0.258 e. The third kappa shape index (κ3) is 2.81. The van der Waals surface area contributed by atoms with Crippen LogP contribution in [0.2, 0.25) is 0 Å². The molecule has 0 aliphatic carbocycles. The van der Waals surface area contributed by atoms with Crippen molar-refractivity contribution in [2.45, 2.75) is 25.9 Å². The number of nitrogens with zero attached hydrogens (tertiary/aromatic N) is 1. The van der Waals surface area contributed by atoms with Crippen molar-refractivity contribution in [3.05, 3.63) is 21.7 Å². The molecule has 0 amide bonds. The Kier molecular flexibility index (Phi) is 4.06. The van der Waals surface area contributed by atoms with Crippen LogP contribution in [0.3, 0.4) is 0 Å². The summed E-state index contributed by atoms with van der Waals surface area (Å²) in [5, 5.41) is 9.74. The standard InChI is InChI=1S/C11H16N2O3S/c1-2-3-7-10(14)12-9(13-11(7)15)8-6-17-5-4-16-8/h8H,2-6H2,1H3,(H2,12,13,14,15). The highest BCUT2D eigenvalue weighted by Crippen LogP contribution is 2.24. The van der Waals surface area contributed by atoms with Crippen LogP contribution in [0.5, 0.6) is 5.88 Å². The SMILES string of the molecule is CCCc1c(O)nc(C2CSCCO2)[nH]c1=O. The number of rotatable bonds is 3. The number of aromatic amines is 1. The molecule has 0 radical (unpaired) electrons. The Labute approximate surface area is 104 Å². The van der Waals surface area contributed by atoms with E-state index in [1.807, 2.05) is 6.92 Å². The van der Waals surface area contributed by atoms with Crippen molar-refractivity contribution in [3.63, 3.8) is 0 Å². The van der Waals surface area contributed by atoms with E-state index in [9.17, 15) is 9.90 Å². The molecular weight excluding hydrogens is 240 g/mol. The van der Waals surface area contributed by atoms with Crippen LogP contribution >= 0.6 is 11.8 Å². The second-order valence-corrected chi connectivity index (χ2v) is 5.09. The maximum Gasteiger partial charge on any atom is 0.258 e. The Morgan fingerprint density at radius 3 is 3.06 bits per heavy atom. The van der Waals surface area contributed by atoms with E-state index in [-0.39, 0.29) is 17.5 Å². The molecule has 0 spiro atoms. The first-order valence-corrected chi connectivity index (χ1v) is 6.89. The van der Waals surface area contributed by atoms with Gasteiger partial charge in [0.15, 0.2) is 0 Å². The van der Waals surface area contributed by atoms with Gasteiger partial charge in [-0.15, -0.1) is 0 Å². The lowest BCUT2D eigenvalue weighted by Gasteiger charge is -2.21. The van der Waals surface area contributed by atoms with Gasteiger partial charge in [0.25, 0.3) is 5.56 Å². The highest BCUT2D eigenvalue weighted by atomic mass is 32.2. The van der Waals surface area contributed by atoms with Gasteiger partial charge in [0.05, 0.1) is 12.2 Å². The zero-order chi connectivity index (χ0) is 12.3. The van der Waals surface area contributed by atoms with E-state index < -0.39 is 0 Å². The van der Waals surface area contributed by atoms with Crippen molar-refractivity contribution in [1.82, 2.24) is 9.97 Å². The summed E-state index contributed by atoms with van der Waals surface area (Å²) in [4.78, 5) is 18.5. The summed E-state index contributed by atoms with van der Waals surface area (Å²) in [6.45, 7) is 2.60. The largest absolute Gasteiger partial charge is 0.493 e. The van der Waals surface area contributed by atoms with Gasteiger partial charge in [0, 0.05) is 11.5 Å². The summed E-state index contributed by atoms with van der Waals surface area (Å²) in [5.74, 6) is 1.99. The minimum Gasteiger partial charge on any atom is -0.493 e. The highest BCUT2D eigenvalue weighted by molar-refractivity contribution is 7.99. The minimum absolute atomic E-state index is 0.162. The molecular formula is C11H16N2O3S. The van der Waals surface area contributed by atoms with Gasteiger partial charge in [-0.1, -0.05) is 13.3 Å². The molecule has 1 atom stereocenters. The summed E-state index contributed by atoms with van der Waals surface area (Å²) < 4.78 is 5.51. The van der Waals surface area contributed by atoms with E-state index in [0.717, 1.165) is 17.9 Å². The third-order valence-electron chi connectivity index (χ3n) is 2.63. The number of ether oxygens (including phenoxy) is 1. The van der Waals surface area contributed by atoms with Gasteiger partial charge < -0.3 is 14.8 Å². The molecule has 0 aromatic carbocycles. The molecule has 2 heterocycles. The normalized spacial score (nSPS) is 20.4. The summed E-state index contributed by atoms with van der Waals surface area (Å²) in [6.07, 6.45) is 1.12. The monoisotopic (exact) mass is 256 g/mol. The van der Waals surface area contributed by atoms with Crippen LogP contribution in [-0.4, -0.2) is 33.2 Å². The maximum atomic E-state index is 11.8. The van der Waals surface area contributed by atoms with Crippen molar-refractivity contribution < 1.29 is 9.84 Å². The van der Waals surface area contributed by atoms with Crippen molar-refractivity contribution in [3.8, 4) is 5.88 Å². The van der Waals surface area contributed by atoms with Gasteiger partial charge in [0.1, 0.15) is 11.9 Å². The lowest BCUT2D eigenvalue weighted by atomic mass is 10.2. The average molecular weight is 256 g/mol. The Morgan fingerprint density at radius 1 is 1.65 bits per heavy atom. The van der Waals surface area contributed by atoms with Crippen LogP contribution in [0.25, 0.3) is 0 Å². The second kappa shape index (κ2) is 5.55. The summed E-state index contributed by atoms with van der Waals surface area (Å²) >= 11 is 1.76. The number of H-pyrrole nitrogens is 1. The Bertz CT molecular complexity index is 441. The maximum absolute atomic E-state index is 11.8. The molecule has 94 valence electrons. The molecule has 1 saturated heterocycles. The van der Waals surface area contributed by atoms with E-state index in [0.29, 0.717) is 24.4 Å². The number of nitrogens with one attached hydrogen (secondary N) is 1. The topological polar surface area (TPSA) is 75.2 Å². The minimum atomic E-state index is -0.256. The first-order valence-electron chi connectivity index (χ1n) is 5.73. The molecule has 2 rings (SSSR count). The van der Waals surface area contributed by atoms with Crippen LogP contribution < -0.4 is 5.56 Å². The quantitative estimate of drug-likeness (QED) is 0.851. The molecule has 1 aliphatic heterocycles. The van der Waals surface area contributed by atoms with E-state index in [1.165, 1.54) is 0 Å². The van der Waals surface area contributed by atoms with Gasteiger partial charge in [-0.05, 0) is 6.42 Å². The predicted octanol–water partition coefficient (Wildman–Crippen LogP) is 1.23. The molecule has 2 N–H and O–H groups in total. The van der Waals surface area contributed by atoms with E-state index >= 15 is 0 Å². The molecule has 1 unspecified atom stereocenters. The van der Waals surface area contributed by atoms with Crippen LogP contribution in [0, 0.1) is 0 Å². The van der Waals surface area contributed by atoms with E-state index in [1.54, 1.807) is 11.8 Å². The molecule has 1 aromatic rings. The van der Waals surface area contributed by atoms with Gasteiger partial charge in [-0.25, -0.2) is 0 Å². The zero-order valence-electron chi connectivity index (χ0n) is 9.73. The van der Waals surface area contributed by atoms with Crippen LogP contribution in [0.15, 0.2) is 4.79 Å².